The highest BCUT2D eigenvalue weighted by Crippen LogP contribution is 2.40. The summed E-state index contributed by atoms with van der Waals surface area (Å²) in [5.74, 6) is 0.604. The Labute approximate surface area is 189 Å². The summed E-state index contributed by atoms with van der Waals surface area (Å²) in [5, 5.41) is 9.26. The van der Waals surface area contributed by atoms with Crippen molar-refractivity contribution in [2.45, 2.75) is 11.8 Å². The molecule has 0 saturated heterocycles. The van der Waals surface area contributed by atoms with Gasteiger partial charge in [0.15, 0.2) is 5.65 Å². The summed E-state index contributed by atoms with van der Waals surface area (Å²) in [6.45, 7) is 1.91. The highest BCUT2D eigenvalue weighted by Gasteiger charge is 2.27. The number of pyridine rings is 1. The lowest BCUT2D eigenvalue weighted by molar-refractivity contribution is 0.416. The second-order valence-electron chi connectivity index (χ2n) is 7.28. The first-order chi connectivity index (χ1) is 15.5. The molecule has 0 bridgehead atoms. The Balaban J connectivity index is 1.87. The van der Waals surface area contributed by atoms with Crippen LogP contribution in [0.1, 0.15) is 5.56 Å². The normalized spacial score (nSPS) is 11.7. The molecule has 0 spiro atoms. The van der Waals surface area contributed by atoms with E-state index in [4.69, 9.17) is 4.74 Å². The number of rotatable bonds is 5. The molecule has 0 aliphatic heterocycles. The van der Waals surface area contributed by atoms with Gasteiger partial charge in [-0.05, 0) is 65.2 Å². The van der Waals surface area contributed by atoms with E-state index in [0.717, 1.165) is 20.8 Å². The minimum absolute atomic E-state index is 0.154. The fraction of sp³-hybridized carbons (Fsp3) is 0.0833. The van der Waals surface area contributed by atoms with Crippen molar-refractivity contribution in [1.29, 1.82) is 0 Å². The van der Waals surface area contributed by atoms with Gasteiger partial charge in [-0.1, -0.05) is 29.8 Å². The van der Waals surface area contributed by atoms with Gasteiger partial charge in [-0.25, -0.2) is 4.98 Å². The summed E-state index contributed by atoms with van der Waals surface area (Å²) in [5.41, 5.74) is 4.29. The van der Waals surface area contributed by atoms with Crippen LogP contribution < -0.4 is 4.74 Å². The molecule has 0 atom stereocenters. The highest BCUT2D eigenvalue weighted by molar-refractivity contribution is 7.90. The summed E-state index contributed by atoms with van der Waals surface area (Å²) >= 11 is 1.57. The largest absolute Gasteiger partial charge is 0.496 e. The van der Waals surface area contributed by atoms with Gasteiger partial charge in [0.25, 0.3) is 10.0 Å². The third-order valence-electron chi connectivity index (χ3n) is 5.28. The Morgan fingerprint density at radius 3 is 2.47 bits per heavy atom. The van der Waals surface area contributed by atoms with Crippen LogP contribution in [0.25, 0.3) is 33.4 Å². The molecule has 0 fully saturated rings. The smallest absolute Gasteiger partial charge is 0.284 e. The van der Waals surface area contributed by atoms with Gasteiger partial charge < -0.3 is 4.74 Å². The number of benzene rings is 2. The summed E-state index contributed by atoms with van der Waals surface area (Å²) in [7, 11) is -2.39. The zero-order chi connectivity index (χ0) is 22.3. The molecule has 0 aliphatic carbocycles. The van der Waals surface area contributed by atoms with E-state index < -0.39 is 10.0 Å². The maximum absolute atomic E-state index is 13.6. The van der Waals surface area contributed by atoms with Crippen molar-refractivity contribution in [2.75, 3.05) is 7.11 Å². The Kier molecular flexibility index (Phi) is 5.03. The predicted octanol–water partition coefficient (Wildman–Crippen LogP) is 5.38. The summed E-state index contributed by atoms with van der Waals surface area (Å²) in [4.78, 5) is 4.60. The van der Waals surface area contributed by atoms with Crippen LogP contribution >= 0.6 is 11.3 Å². The molecule has 0 unspecified atom stereocenters. The molecular formula is C24H19N3O3S2. The lowest BCUT2D eigenvalue weighted by Crippen LogP contribution is -2.15. The van der Waals surface area contributed by atoms with Gasteiger partial charge in [0.2, 0.25) is 0 Å². The fourth-order valence-electron chi connectivity index (χ4n) is 3.68. The van der Waals surface area contributed by atoms with E-state index in [1.165, 1.54) is 0 Å². The standard InChI is InChI=1S/C24H19N3O3S2/c1-16-7-9-18(10-8-16)32(28,29)27-24-22(19(11-13-25-24)17-12-14-31-15-17)23(26-27)20-5-3-4-6-21(20)30-2/h3-15H,1-2H3. The van der Waals surface area contributed by atoms with E-state index in [1.54, 1.807) is 48.9 Å². The maximum atomic E-state index is 13.6. The Hall–Kier alpha value is -3.49. The number of para-hydroxylation sites is 1. The number of hydrogen-bond donors (Lipinski definition) is 0. The highest BCUT2D eigenvalue weighted by atomic mass is 32.2. The first-order valence-corrected chi connectivity index (χ1v) is 12.2. The van der Waals surface area contributed by atoms with E-state index in [0.29, 0.717) is 22.4 Å². The van der Waals surface area contributed by atoms with E-state index in [1.807, 2.05) is 54.1 Å². The molecule has 6 nitrogen and oxygen atoms in total. The van der Waals surface area contributed by atoms with Crippen LogP contribution in [0.5, 0.6) is 5.75 Å². The molecule has 0 amide bonds. The lowest BCUT2D eigenvalue weighted by atomic mass is 10.0. The van der Waals surface area contributed by atoms with Crippen LogP contribution in [0, 0.1) is 6.92 Å². The van der Waals surface area contributed by atoms with E-state index in [-0.39, 0.29) is 10.5 Å². The molecule has 5 rings (SSSR count). The molecule has 32 heavy (non-hydrogen) atoms. The number of nitrogens with zero attached hydrogens (tertiary/aromatic N) is 3. The molecule has 0 aliphatic rings. The SMILES string of the molecule is COc1ccccc1-c1nn(S(=O)(=O)c2ccc(C)cc2)c2nccc(-c3ccsc3)c12. The Morgan fingerprint density at radius 2 is 1.75 bits per heavy atom. The molecule has 3 heterocycles. The average Bonchev–Trinajstić information content (AvgIpc) is 3.48. The third kappa shape index (κ3) is 3.28. The zero-order valence-corrected chi connectivity index (χ0v) is 19.0. The fourth-order valence-corrected chi connectivity index (χ4v) is 5.57. The molecule has 8 heteroatoms. The predicted molar refractivity (Wildman–Crippen MR) is 127 cm³/mol. The summed E-state index contributed by atoms with van der Waals surface area (Å²) < 4.78 is 33.8. The molecule has 2 aromatic carbocycles. The second kappa shape index (κ2) is 7.89. The monoisotopic (exact) mass is 461 g/mol. The number of hydrogen-bond acceptors (Lipinski definition) is 6. The van der Waals surface area contributed by atoms with Crippen molar-refractivity contribution >= 4 is 32.4 Å². The van der Waals surface area contributed by atoms with E-state index >= 15 is 0 Å². The van der Waals surface area contributed by atoms with Gasteiger partial charge in [-0.15, -0.1) is 4.09 Å². The van der Waals surface area contributed by atoms with Crippen LogP contribution in [0.4, 0.5) is 0 Å². The van der Waals surface area contributed by atoms with Gasteiger partial charge in [-0.3, -0.25) is 0 Å². The molecule has 0 saturated carbocycles. The molecule has 160 valence electrons. The number of fused-ring (bicyclic) bond motifs is 1. The first-order valence-electron chi connectivity index (χ1n) is 9.86. The van der Waals surface area contributed by atoms with Gasteiger partial charge >= 0.3 is 0 Å². The minimum Gasteiger partial charge on any atom is -0.496 e. The summed E-state index contributed by atoms with van der Waals surface area (Å²) in [6.07, 6.45) is 1.62. The summed E-state index contributed by atoms with van der Waals surface area (Å²) in [6, 6.07) is 18.0. The van der Waals surface area contributed by atoms with Gasteiger partial charge in [0.05, 0.1) is 17.4 Å². The van der Waals surface area contributed by atoms with Gasteiger partial charge in [0.1, 0.15) is 11.4 Å². The van der Waals surface area contributed by atoms with Crippen LogP contribution in [-0.2, 0) is 10.0 Å². The van der Waals surface area contributed by atoms with Crippen LogP contribution in [0.2, 0.25) is 0 Å². The van der Waals surface area contributed by atoms with Crippen molar-refractivity contribution in [1.82, 2.24) is 14.2 Å². The Bertz CT molecular complexity index is 1520. The second-order valence-corrected chi connectivity index (χ2v) is 9.83. The van der Waals surface area contributed by atoms with Crippen molar-refractivity contribution in [3.63, 3.8) is 0 Å². The maximum Gasteiger partial charge on any atom is 0.284 e. The number of aryl methyl sites for hydroxylation is 1. The molecular weight excluding hydrogens is 442 g/mol. The average molecular weight is 462 g/mol. The van der Waals surface area contributed by atoms with Crippen LogP contribution in [-0.4, -0.2) is 29.7 Å². The molecule has 3 aromatic heterocycles. The van der Waals surface area contributed by atoms with Gasteiger partial charge in [-0.2, -0.15) is 24.9 Å². The third-order valence-corrected chi connectivity index (χ3v) is 7.54. The van der Waals surface area contributed by atoms with Crippen LogP contribution in [0.15, 0.2) is 82.5 Å². The molecule has 0 radical (unpaired) electrons. The number of aromatic nitrogens is 3. The molecule has 0 N–H and O–H groups in total. The number of methoxy groups -OCH3 is 1. The number of ether oxygens (including phenoxy) is 1. The van der Waals surface area contributed by atoms with Crippen LogP contribution in [0.3, 0.4) is 0 Å². The Morgan fingerprint density at radius 1 is 0.969 bits per heavy atom. The number of thiophene rings is 1. The quantitative estimate of drug-likeness (QED) is 0.351. The minimum atomic E-state index is -3.97. The van der Waals surface area contributed by atoms with Crippen molar-refractivity contribution < 1.29 is 13.2 Å². The van der Waals surface area contributed by atoms with Crippen molar-refractivity contribution in [3.8, 4) is 28.1 Å². The van der Waals surface area contributed by atoms with Crippen molar-refractivity contribution in [3.05, 3.63) is 83.2 Å². The van der Waals surface area contributed by atoms with E-state index in [2.05, 4.69) is 10.1 Å². The first kappa shape index (κ1) is 20.4. The molecule has 5 aromatic rings. The van der Waals surface area contributed by atoms with Crippen molar-refractivity contribution in [2.24, 2.45) is 0 Å². The van der Waals surface area contributed by atoms with E-state index in [9.17, 15) is 8.42 Å². The topological polar surface area (TPSA) is 74.1 Å². The zero-order valence-electron chi connectivity index (χ0n) is 17.4. The lowest BCUT2D eigenvalue weighted by Gasteiger charge is -2.07. The van der Waals surface area contributed by atoms with Gasteiger partial charge in [0, 0.05) is 11.8 Å².